The Morgan fingerprint density at radius 3 is 2.69 bits per heavy atom. The molecule has 92 valence electrons. The normalized spacial score (nSPS) is 40.2. The summed E-state index contributed by atoms with van der Waals surface area (Å²) in [5.74, 6) is 1.65. The van der Waals surface area contributed by atoms with E-state index >= 15 is 0 Å². The summed E-state index contributed by atoms with van der Waals surface area (Å²) in [6.07, 6.45) is 8.74. The van der Waals surface area contributed by atoms with Gasteiger partial charge in [-0.25, -0.2) is 0 Å². The highest BCUT2D eigenvalue weighted by atomic mass is 16.3. The van der Waals surface area contributed by atoms with E-state index in [0.29, 0.717) is 5.41 Å². The van der Waals surface area contributed by atoms with Crippen molar-refractivity contribution in [2.45, 2.75) is 65.4 Å². The summed E-state index contributed by atoms with van der Waals surface area (Å²) in [7, 11) is 0. The van der Waals surface area contributed by atoms with Gasteiger partial charge in [-0.1, -0.05) is 32.8 Å². The summed E-state index contributed by atoms with van der Waals surface area (Å²) in [4.78, 5) is 0. The fourth-order valence-electron chi connectivity index (χ4n) is 3.67. The molecule has 0 spiro atoms. The van der Waals surface area contributed by atoms with E-state index in [1.165, 1.54) is 31.3 Å². The predicted molar refractivity (Wildman–Crippen MR) is 68.2 cm³/mol. The van der Waals surface area contributed by atoms with E-state index in [0.717, 1.165) is 18.3 Å². The minimum atomic E-state index is -0.620. The Morgan fingerprint density at radius 1 is 1.38 bits per heavy atom. The number of hydrogen-bond acceptors (Lipinski definition) is 1. The van der Waals surface area contributed by atoms with Crippen LogP contribution in [-0.2, 0) is 0 Å². The molecule has 2 rings (SSSR count). The van der Waals surface area contributed by atoms with Crippen molar-refractivity contribution in [1.82, 2.24) is 0 Å². The maximum Gasteiger partial charge on any atom is 0.0800 e. The number of hydrogen-bond donors (Lipinski definition) is 1. The first-order valence-electron chi connectivity index (χ1n) is 6.76. The lowest BCUT2D eigenvalue weighted by Gasteiger charge is -2.50. The van der Waals surface area contributed by atoms with Crippen molar-refractivity contribution in [3.63, 3.8) is 0 Å². The van der Waals surface area contributed by atoms with Gasteiger partial charge in [-0.3, -0.25) is 0 Å². The first-order chi connectivity index (χ1) is 7.34. The van der Waals surface area contributed by atoms with Crippen LogP contribution in [0.2, 0.25) is 0 Å². The Bertz CT molecular complexity index is 297. The van der Waals surface area contributed by atoms with Crippen LogP contribution in [0.15, 0.2) is 11.6 Å². The molecule has 0 bridgehead atoms. The van der Waals surface area contributed by atoms with Crippen LogP contribution < -0.4 is 0 Å². The average Bonchev–Trinajstić information content (AvgIpc) is 2.17. The molecule has 0 saturated heterocycles. The smallest absolute Gasteiger partial charge is 0.0800 e. The number of rotatable bonds is 1. The minimum absolute atomic E-state index is 0.433. The predicted octanol–water partition coefficient (Wildman–Crippen LogP) is 3.92. The van der Waals surface area contributed by atoms with Crippen LogP contribution >= 0.6 is 0 Å². The quantitative estimate of drug-likeness (QED) is 0.667. The first kappa shape index (κ1) is 12.2. The summed E-state index contributed by atoms with van der Waals surface area (Å²) in [6, 6.07) is 0. The lowest BCUT2D eigenvalue weighted by Crippen LogP contribution is -2.42. The second-order valence-electron chi connectivity index (χ2n) is 6.74. The van der Waals surface area contributed by atoms with E-state index in [1.807, 2.05) is 13.8 Å². The molecule has 0 aliphatic heterocycles. The molecule has 3 atom stereocenters. The second-order valence-corrected chi connectivity index (χ2v) is 6.74. The molecule has 16 heavy (non-hydrogen) atoms. The molecule has 0 aromatic rings. The van der Waals surface area contributed by atoms with Gasteiger partial charge in [0.25, 0.3) is 0 Å². The Kier molecular flexibility index (Phi) is 2.94. The second kappa shape index (κ2) is 3.87. The van der Waals surface area contributed by atoms with Gasteiger partial charge < -0.3 is 5.11 Å². The third-order valence-corrected chi connectivity index (χ3v) is 5.25. The van der Waals surface area contributed by atoms with Gasteiger partial charge in [0.2, 0.25) is 0 Å². The molecular weight excluding hydrogens is 196 g/mol. The minimum Gasteiger partial charge on any atom is -0.386 e. The largest absolute Gasteiger partial charge is 0.386 e. The lowest BCUT2D eigenvalue weighted by molar-refractivity contribution is 0.0236. The van der Waals surface area contributed by atoms with Gasteiger partial charge in [-0.2, -0.15) is 0 Å². The molecule has 2 aliphatic rings. The molecule has 1 fully saturated rings. The summed E-state index contributed by atoms with van der Waals surface area (Å²) in [5.41, 5.74) is 1.08. The van der Waals surface area contributed by atoms with Crippen LogP contribution in [0.25, 0.3) is 0 Å². The SMILES string of the molecule is C[C@@H]1CCC[C@H]2CC=C(C(C)(C)O)C[C@]21C. The summed E-state index contributed by atoms with van der Waals surface area (Å²) < 4.78 is 0. The van der Waals surface area contributed by atoms with Gasteiger partial charge in [-0.15, -0.1) is 0 Å². The number of aliphatic hydroxyl groups is 1. The van der Waals surface area contributed by atoms with Gasteiger partial charge in [0.15, 0.2) is 0 Å². The van der Waals surface area contributed by atoms with Gasteiger partial charge >= 0.3 is 0 Å². The third kappa shape index (κ3) is 1.95. The highest BCUT2D eigenvalue weighted by Crippen LogP contribution is 2.54. The molecule has 1 N–H and O–H groups in total. The highest BCUT2D eigenvalue weighted by molar-refractivity contribution is 5.21. The van der Waals surface area contributed by atoms with Gasteiger partial charge in [0.05, 0.1) is 5.60 Å². The Morgan fingerprint density at radius 2 is 2.06 bits per heavy atom. The van der Waals surface area contributed by atoms with Crippen LogP contribution in [0.3, 0.4) is 0 Å². The lowest BCUT2D eigenvalue weighted by atomic mass is 9.55. The Balaban J connectivity index is 2.25. The Labute approximate surface area is 99.9 Å². The van der Waals surface area contributed by atoms with Crippen LogP contribution in [0.1, 0.15) is 59.8 Å². The molecule has 1 heteroatoms. The van der Waals surface area contributed by atoms with Crippen LogP contribution in [-0.4, -0.2) is 10.7 Å². The van der Waals surface area contributed by atoms with Crippen molar-refractivity contribution in [3.05, 3.63) is 11.6 Å². The van der Waals surface area contributed by atoms with Crippen LogP contribution in [0.4, 0.5) is 0 Å². The van der Waals surface area contributed by atoms with Crippen molar-refractivity contribution >= 4 is 0 Å². The molecule has 0 unspecified atom stereocenters. The zero-order valence-electron chi connectivity index (χ0n) is 11.2. The fraction of sp³-hybridized carbons (Fsp3) is 0.867. The zero-order chi connectivity index (χ0) is 12.0. The molecule has 2 aliphatic carbocycles. The maximum absolute atomic E-state index is 10.2. The van der Waals surface area contributed by atoms with Crippen molar-refractivity contribution in [1.29, 1.82) is 0 Å². The molecule has 1 nitrogen and oxygen atoms in total. The van der Waals surface area contributed by atoms with Crippen LogP contribution in [0, 0.1) is 17.3 Å². The van der Waals surface area contributed by atoms with Crippen molar-refractivity contribution in [2.24, 2.45) is 17.3 Å². The van der Waals surface area contributed by atoms with Crippen molar-refractivity contribution in [3.8, 4) is 0 Å². The van der Waals surface area contributed by atoms with E-state index in [2.05, 4.69) is 19.9 Å². The topological polar surface area (TPSA) is 20.2 Å². The van der Waals surface area contributed by atoms with Gasteiger partial charge in [-0.05, 0) is 55.9 Å². The monoisotopic (exact) mass is 222 g/mol. The standard InChI is InChI=1S/C15H26O/c1-11-6-5-7-12-8-9-13(14(2,3)16)10-15(11,12)4/h9,11-12,16H,5-8,10H2,1-4H3/t11-,12+,15+/m1/s1. The van der Waals surface area contributed by atoms with E-state index < -0.39 is 5.60 Å². The average molecular weight is 222 g/mol. The van der Waals surface area contributed by atoms with Gasteiger partial charge in [0.1, 0.15) is 0 Å². The molecular formula is C15H26O. The first-order valence-corrected chi connectivity index (χ1v) is 6.76. The zero-order valence-corrected chi connectivity index (χ0v) is 11.2. The molecule has 0 radical (unpaired) electrons. The molecule has 0 amide bonds. The molecule has 0 heterocycles. The van der Waals surface area contributed by atoms with E-state index in [-0.39, 0.29) is 0 Å². The fourth-order valence-corrected chi connectivity index (χ4v) is 3.67. The van der Waals surface area contributed by atoms with Crippen molar-refractivity contribution < 1.29 is 5.11 Å². The van der Waals surface area contributed by atoms with E-state index in [1.54, 1.807) is 0 Å². The maximum atomic E-state index is 10.2. The number of allylic oxidation sites excluding steroid dienone is 1. The highest BCUT2D eigenvalue weighted by Gasteiger charge is 2.45. The number of fused-ring (bicyclic) bond motifs is 1. The van der Waals surface area contributed by atoms with E-state index in [4.69, 9.17) is 0 Å². The van der Waals surface area contributed by atoms with Gasteiger partial charge in [0, 0.05) is 0 Å². The van der Waals surface area contributed by atoms with Crippen LogP contribution in [0.5, 0.6) is 0 Å². The van der Waals surface area contributed by atoms with E-state index in [9.17, 15) is 5.11 Å². The Hall–Kier alpha value is -0.300. The summed E-state index contributed by atoms with van der Waals surface area (Å²) in [5, 5.41) is 10.2. The summed E-state index contributed by atoms with van der Waals surface area (Å²) in [6.45, 7) is 8.70. The van der Waals surface area contributed by atoms with Crippen molar-refractivity contribution in [2.75, 3.05) is 0 Å². The molecule has 0 aromatic carbocycles. The summed E-state index contributed by atoms with van der Waals surface area (Å²) >= 11 is 0. The third-order valence-electron chi connectivity index (χ3n) is 5.25. The molecule has 0 aromatic heterocycles. The molecule has 1 saturated carbocycles.